The molecule has 0 saturated carbocycles. The molecule has 0 aliphatic carbocycles. The van der Waals surface area contributed by atoms with Crippen LogP contribution in [0, 0.1) is 11.3 Å². The SMILES string of the molecule is N#Cc1ccc(CNc2ccc(O)cc2)o1. The Hall–Kier alpha value is -2.41. The second-order valence-electron chi connectivity index (χ2n) is 3.28. The fraction of sp³-hybridized carbons (Fsp3) is 0.0833. The lowest BCUT2D eigenvalue weighted by Gasteiger charge is -2.03. The third-order valence-corrected chi connectivity index (χ3v) is 2.11. The average molecular weight is 214 g/mol. The first kappa shape index (κ1) is 10.1. The minimum Gasteiger partial charge on any atom is -0.508 e. The van der Waals surface area contributed by atoms with Crippen molar-refractivity contribution in [1.29, 1.82) is 5.26 Å². The first-order valence-electron chi connectivity index (χ1n) is 4.79. The molecule has 4 nitrogen and oxygen atoms in total. The number of nitrogens with one attached hydrogen (secondary N) is 1. The number of aromatic hydroxyl groups is 1. The van der Waals surface area contributed by atoms with Gasteiger partial charge in [0.25, 0.3) is 0 Å². The molecule has 0 atom stereocenters. The lowest BCUT2D eigenvalue weighted by Crippen LogP contribution is -1.97. The largest absolute Gasteiger partial charge is 0.508 e. The van der Waals surface area contributed by atoms with Crippen LogP contribution in [0.4, 0.5) is 5.69 Å². The molecule has 0 amide bonds. The van der Waals surface area contributed by atoms with Gasteiger partial charge in [-0.15, -0.1) is 0 Å². The minimum absolute atomic E-state index is 0.232. The van der Waals surface area contributed by atoms with Crippen LogP contribution in [0.25, 0.3) is 0 Å². The first-order chi connectivity index (χ1) is 7.78. The number of benzene rings is 1. The average Bonchev–Trinajstić information content (AvgIpc) is 2.76. The fourth-order valence-electron chi connectivity index (χ4n) is 1.30. The molecular formula is C12H10N2O2. The van der Waals surface area contributed by atoms with Crippen molar-refractivity contribution in [2.75, 3.05) is 5.32 Å². The Morgan fingerprint density at radius 3 is 2.56 bits per heavy atom. The lowest BCUT2D eigenvalue weighted by atomic mass is 10.3. The lowest BCUT2D eigenvalue weighted by molar-refractivity contribution is 0.475. The van der Waals surface area contributed by atoms with Crippen molar-refractivity contribution < 1.29 is 9.52 Å². The maximum absolute atomic E-state index is 9.09. The van der Waals surface area contributed by atoms with Crippen LogP contribution >= 0.6 is 0 Å². The number of hydrogen-bond donors (Lipinski definition) is 2. The zero-order chi connectivity index (χ0) is 11.4. The van der Waals surface area contributed by atoms with Gasteiger partial charge in [-0.3, -0.25) is 0 Å². The second-order valence-corrected chi connectivity index (χ2v) is 3.28. The monoisotopic (exact) mass is 214 g/mol. The van der Waals surface area contributed by atoms with E-state index >= 15 is 0 Å². The third-order valence-electron chi connectivity index (χ3n) is 2.11. The molecule has 0 aliphatic heterocycles. The molecule has 1 heterocycles. The van der Waals surface area contributed by atoms with Crippen LogP contribution in [0.15, 0.2) is 40.8 Å². The van der Waals surface area contributed by atoms with Gasteiger partial charge in [0.05, 0.1) is 6.54 Å². The van der Waals surface area contributed by atoms with Crippen molar-refractivity contribution in [1.82, 2.24) is 0 Å². The summed E-state index contributed by atoms with van der Waals surface area (Å²) in [6.45, 7) is 0.506. The maximum atomic E-state index is 9.09. The van der Waals surface area contributed by atoms with E-state index in [1.165, 1.54) is 0 Å². The van der Waals surface area contributed by atoms with Gasteiger partial charge in [-0.1, -0.05) is 0 Å². The van der Waals surface area contributed by atoms with E-state index in [0.717, 1.165) is 5.69 Å². The molecule has 0 spiro atoms. The Morgan fingerprint density at radius 1 is 1.19 bits per heavy atom. The number of nitrogens with zero attached hydrogens (tertiary/aromatic N) is 1. The van der Waals surface area contributed by atoms with Gasteiger partial charge in [-0.05, 0) is 36.4 Å². The summed E-state index contributed by atoms with van der Waals surface area (Å²) < 4.78 is 5.21. The molecule has 1 aromatic carbocycles. The summed E-state index contributed by atoms with van der Waals surface area (Å²) in [5.41, 5.74) is 0.882. The van der Waals surface area contributed by atoms with Crippen molar-refractivity contribution >= 4 is 5.69 Å². The molecule has 2 rings (SSSR count). The highest BCUT2D eigenvalue weighted by Gasteiger charge is 2.00. The topological polar surface area (TPSA) is 69.2 Å². The van der Waals surface area contributed by atoms with Gasteiger partial charge in [0, 0.05) is 5.69 Å². The molecule has 0 aliphatic rings. The highest BCUT2D eigenvalue weighted by molar-refractivity contribution is 5.46. The van der Waals surface area contributed by atoms with E-state index in [1.807, 2.05) is 6.07 Å². The van der Waals surface area contributed by atoms with Crippen LogP contribution in [-0.2, 0) is 6.54 Å². The van der Waals surface area contributed by atoms with Crippen LogP contribution in [0.5, 0.6) is 5.75 Å². The third kappa shape index (κ3) is 2.34. The Balaban J connectivity index is 1.97. The summed E-state index contributed by atoms with van der Waals surface area (Å²) in [6, 6.07) is 12.1. The Bertz CT molecular complexity index is 509. The van der Waals surface area contributed by atoms with Crippen molar-refractivity contribution in [2.45, 2.75) is 6.54 Å². The summed E-state index contributed by atoms with van der Waals surface area (Å²) in [4.78, 5) is 0. The van der Waals surface area contributed by atoms with Gasteiger partial charge in [-0.25, -0.2) is 0 Å². The van der Waals surface area contributed by atoms with Crippen LogP contribution in [-0.4, -0.2) is 5.11 Å². The normalized spacial score (nSPS) is 9.69. The molecule has 16 heavy (non-hydrogen) atoms. The van der Waals surface area contributed by atoms with Crippen LogP contribution in [0.3, 0.4) is 0 Å². The van der Waals surface area contributed by atoms with Crippen molar-refractivity contribution in [3.8, 4) is 11.8 Å². The van der Waals surface area contributed by atoms with Gasteiger partial charge in [0.1, 0.15) is 17.6 Å². The quantitative estimate of drug-likeness (QED) is 0.770. The first-order valence-corrected chi connectivity index (χ1v) is 4.79. The number of furan rings is 1. The number of hydrogen-bond acceptors (Lipinski definition) is 4. The van der Waals surface area contributed by atoms with Crippen LogP contribution in [0.2, 0.25) is 0 Å². The molecular weight excluding hydrogens is 204 g/mol. The summed E-state index contributed by atoms with van der Waals surface area (Å²) in [7, 11) is 0. The summed E-state index contributed by atoms with van der Waals surface area (Å²) in [5.74, 6) is 1.24. The minimum atomic E-state index is 0.232. The van der Waals surface area contributed by atoms with E-state index < -0.39 is 0 Å². The van der Waals surface area contributed by atoms with E-state index in [9.17, 15) is 0 Å². The molecule has 0 saturated heterocycles. The van der Waals surface area contributed by atoms with Gasteiger partial charge in [0.15, 0.2) is 0 Å². The molecule has 4 heteroatoms. The molecule has 0 unspecified atom stereocenters. The van der Waals surface area contributed by atoms with Crippen LogP contribution in [0.1, 0.15) is 11.5 Å². The van der Waals surface area contributed by atoms with Gasteiger partial charge < -0.3 is 14.8 Å². The number of anilines is 1. The number of phenolic OH excluding ortho intramolecular Hbond substituents is 1. The highest BCUT2D eigenvalue weighted by atomic mass is 16.3. The Labute approximate surface area is 92.7 Å². The predicted octanol–water partition coefficient (Wildman–Crippen LogP) is 2.47. The van der Waals surface area contributed by atoms with E-state index in [4.69, 9.17) is 14.8 Å². The fourth-order valence-corrected chi connectivity index (χ4v) is 1.30. The van der Waals surface area contributed by atoms with Gasteiger partial charge >= 0.3 is 0 Å². The number of nitriles is 1. The standard InChI is InChI=1S/C12H10N2O2/c13-7-11-5-6-12(16-11)8-14-9-1-3-10(15)4-2-9/h1-6,14-15H,8H2. The smallest absolute Gasteiger partial charge is 0.203 e. The molecule has 2 N–H and O–H groups in total. The summed E-state index contributed by atoms with van der Waals surface area (Å²) in [6.07, 6.45) is 0. The number of rotatable bonds is 3. The predicted molar refractivity (Wildman–Crippen MR) is 58.9 cm³/mol. The van der Waals surface area contributed by atoms with Crippen molar-refractivity contribution in [3.05, 3.63) is 47.9 Å². The zero-order valence-electron chi connectivity index (χ0n) is 8.47. The van der Waals surface area contributed by atoms with Crippen molar-refractivity contribution in [3.63, 3.8) is 0 Å². The Morgan fingerprint density at radius 2 is 1.94 bits per heavy atom. The number of phenols is 1. The molecule has 1 aromatic heterocycles. The maximum Gasteiger partial charge on any atom is 0.203 e. The van der Waals surface area contributed by atoms with Crippen LogP contribution < -0.4 is 5.32 Å². The summed E-state index contributed by atoms with van der Waals surface area (Å²) in [5, 5.41) is 20.8. The molecule has 0 fully saturated rings. The molecule has 80 valence electrons. The van der Waals surface area contributed by atoms with Gasteiger partial charge in [0.2, 0.25) is 5.76 Å². The summed E-state index contributed by atoms with van der Waals surface area (Å²) >= 11 is 0. The zero-order valence-corrected chi connectivity index (χ0v) is 8.47. The highest BCUT2D eigenvalue weighted by Crippen LogP contribution is 2.15. The van der Waals surface area contributed by atoms with E-state index in [-0.39, 0.29) is 5.75 Å². The van der Waals surface area contributed by atoms with E-state index in [2.05, 4.69) is 5.32 Å². The van der Waals surface area contributed by atoms with Crippen molar-refractivity contribution in [2.24, 2.45) is 0 Å². The molecule has 2 aromatic rings. The Kier molecular flexibility index (Phi) is 2.79. The van der Waals surface area contributed by atoms with E-state index in [0.29, 0.717) is 18.1 Å². The second kappa shape index (κ2) is 4.41. The van der Waals surface area contributed by atoms with E-state index in [1.54, 1.807) is 36.4 Å². The molecule has 0 bridgehead atoms. The molecule has 0 radical (unpaired) electrons. The van der Waals surface area contributed by atoms with Gasteiger partial charge in [-0.2, -0.15) is 5.26 Å².